The smallest absolute Gasteiger partial charge is 0.162 e. The van der Waals surface area contributed by atoms with Crippen LogP contribution in [-0.4, -0.2) is 101 Å². The number of anilines is 3. The normalized spacial score (nSPS) is 34.5. The van der Waals surface area contributed by atoms with Crippen molar-refractivity contribution in [1.29, 1.82) is 0 Å². The number of likely N-dealkylation sites (N-methyl/N-ethyl adjacent to an activating group) is 2. The number of ether oxygens (including phenoxy) is 1. The van der Waals surface area contributed by atoms with E-state index in [0.717, 1.165) is 19.5 Å². The molecule has 2 fully saturated rings. The topological polar surface area (TPSA) is 123 Å². The molecule has 144 valence electrons. The van der Waals surface area contributed by atoms with E-state index in [4.69, 9.17) is 10.5 Å². The molecular formula is C16H27N7O3. The fourth-order valence-corrected chi connectivity index (χ4v) is 4.07. The second-order valence-electron chi connectivity index (χ2n) is 7.45. The van der Waals surface area contributed by atoms with Gasteiger partial charge < -0.3 is 35.8 Å². The highest BCUT2D eigenvalue weighted by Crippen LogP contribution is 2.37. The van der Waals surface area contributed by atoms with E-state index in [1.54, 1.807) is 4.90 Å². The second-order valence-corrected chi connectivity index (χ2v) is 7.45. The second kappa shape index (κ2) is 6.78. The number of aromatic nitrogens is 2. The Morgan fingerprint density at radius 3 is 2.92 bits per heavy atom. The number of likely N-dealkylation sites (tertiary alicyclic amines) is 1. The van der Waals surface area contributed by atoms with Gasteiger partial charge in [-0.2, -0.15) is 0 Å². The molecule has 10 heteroatoms. The van der Waals surface area contributed by atoms with Crippen molar-refractivity contribution in [1.82, 2.24) is 19.8 Å². The fraction of sp³-hybridized carbons (Fsp3) is 0.750. The van der Waals surface area contributed by atoms with E-state index in [9.17, 15) is 10.2 Å². The summed E-state index contributed by atoms with van der Waals surface area (Å²) in [6.07, 6.45) is -0.643. The van der Waals surface area contributed by atoms with Gasteiger partial charge in [-0.1, -0.05) is 0 Å². The van der Waals surface area contributed by atoms with Crippen molar-refractivity contribution >= 4 is 17.3 Å². The Balaban J connectivity index is 1.45. The molecule has 3 aliphatic heterocycles. The number of nitrogens with one attached hydrogen (secondary N) is 1. The minimum atomic E-state index is -1.02. The molecule has 1 unspecified atom stereocenters. The van der Waals surface area contributed by atoms with Gasteiger partial charge in [0.25, 0.3) is 0 Å². The Kier molecular flexibility index (Phi) is 4.61. The number of nitrogen functional groups attached to an aromatic ring is 1. The minimum absolute atomic E-state index is 0.354. The summed E-state index contributed by atoms with van der Waals surface area (Å²) in [7, 11) is 4.15. The van der Waals surface area contributed by atoms with Gasteiger partial charge in [0.1, 0.15) is 30.3 Å². The Morgan fingerprint density at radius 2 is 2.19 bits per heavy atom. The predicted molar refractivity (Wildman–Crippen MR) is 96.6 cm³/mol. The summed E-state index contributed by atoms with van der Waals surface area (Å²) in [6, 6.07) is 0.439. The Hall–Kier alpha value is -1.72. The Bertz CT molecular complexity index is 663. The Labute approximate surface area is 152 Å². The molecule has 5 N–H and O–H groups in total. The van der Waals surface area contributed by atoms with Crippen molar-refractivity contribution in [2.45, 2.75) is 37.0 Å². The van der Waals surface area contributed by atoms with E-state index in [-0.39, 0.29) is 0 Å². The van der Waals surface area contributed by atoms with Crippen LogP contribution in [0.1, 0.15) is 6.42 Å². The van der Waals surface area contributed by atoms with Crippen LogP contribution in [-0.2, 0) is 4.74 Å². The zero-order valence-electron chi connectivity index (χ0n) is 15.1. The number of hydrogen-bond donors (Lipinski definition) is 4. The van der Waals surface area contributed by atoms with E-state index in [2.05, 4.69) is 32.1 Å². The van der Waals surface area contributed by atoms with Crippen molar-refractivity contribution in [2.24, 2.45) is 0 Å². The molecule has 0 spiro atoms. The molecule has 0 amide bonds. The van der Waals surface area contributed by atoms with Crippen LogP contribution in [0.4, 0.5) is 17.3 Å². The highest BCUT2D eigenvalue weighted by Gasteiger charge is 2.48. The maximum absolute atomic E-state index is 10.6. The molecule has 0 aromatic carbocycles. The number of nitrogens with two attached hydrogens (primary N) is 1. The van der Waals surface area contributed by atoms with E-state index in [1.807, 2.05) is 7.05 Å². The van der Waals surface area contributed by atoms with Crippen molar-refractivity contribution in [3.63, 3.8) is 0 Å². The molecule has 0 saturated carbocycles. The quantitative estimate of drug-likeness (QED) is 0.492. The largest absolute Gasteiger partial charge is 0.387 e. The van der Waals surface area contributed by atoms with E-state index in [1.165, 1.54) is 6.33 Å². The summed E-state index contributed by atoms with van der Waals surface area (Å²) < 4.78 is 6.05. The SMILES string of the molecule is CN1CCC(N(C)C[C@H]2O[C@@H](N3CNc4c(N)ncnc43)[C@H](O)[C@@H]2O)C1. The third kappa shape index (κ3) is 2.97. The fourth-order valence-electron chi connectivity index (χ4n) is 4.07. The number of aliphatic hydroxyl groups is 2. The highest BCUT2D eigenvalue weighted by molar-refractivity contribution is 5.80. The summed E-state index contributed by atoms with van der Waals surface area (Å²) in [5, 5.41) is 24.2. The summed E-state index contributed by atoms with van der Waals surface area (Å²) in [4.78, 5) is 14.5. The van der Waals surface area contributed by atoms with Crippen LogP contribution < -0.4 is 16.0 Å². The zero-order chi connectivity index (χ0) is 18.4. The van der Waals surface area contributed by atoms with Gasteiger partial charge >= 0.3 is 0 Å². The minimum Gasteiger partial charge on any atom is -0.387 e. The predicted octanol–water partition coefficient (Wildman–Crippen LogP) is -1.67. The molecule has 0 radical (unpaired) electrons. The van der Waals surface area contributed by atoms with Gasteiger partial charge in [0.2, 0.25) is 0 Å². The maximum Gasteiger partial charge on any atom is 0.162 e. The number of hydrogen-bond acceptors (Lipinski definition) is 10. The average molecular weight is 365 g/mol. The molecule has 10 nitrogen and oxygen atoms in total. The molecular weight excluding hydrogens is 338 g/mol. The Morgan fingerprint density at radius 1 is 1.38 bits per heavy atom. The van der Waals surface area contributed by atoms with Gasteiger partial charge in [0, 0.05) is 19.1 Å². The third-order valence-electron chi connectivity index (χ3n) is 5.66. The van der Waals surface area contributed by atoms with Gasteiger partial charge in [0.15, 0.2) is 17.9 Å². The molecule has 1 aromatic heterocycles. The number of aliphatic hydroxyl groups excluding tert-OH is 2. The summed E-state index contributed by atoms with van der Waals surface area (Å²) >= 11 is 0. The van der Waals surface area contributed by atoms with Gasteiger partial charge in [-0.3, -0.25) is 4.90 Å². The van der Waals surface area contributed by atoms with Crippen LogP contribution in [0.15, 0.2) is 6.33 Å². The first-order valence-corrected chi connectivity index (χ1v) is 8.97. The van der Waals surface area contributed by atoms with Crippen LogP contribution in [0.25, 0.3) is 0 Å². The van der Waals surface area contributed by atoms with Crippen LogP contribution in [0.3, 0.4) is 0 Å². The summed E-state index contributed by atoms with van der Waals surface area (Å²) in [6.45, 7) is 3.03. The highest BCUT2D eigenvalue weighted by atomic mass is 16.6. The van der Waals surface area contributed by atoms with Crippen LogP contribution in [0.2, 0.25) is 0 Å². The van der Waals surface area contributed by atoms with Crippen molar-refractivity contribution in [3.8, 4) is 0 Å². The van der Waals surface area contributed by atoms with Crippen LogP contribution in [0.5, 0.6) is 0 Å². The molecule has 2 saturated heterocycles. The summed E-state index contributed by atoms with van der Waals surface area (Å²) in [5.41, 5.74) is 6.50. The molecule has 3 aliphatic rings. The lowest BCUT2D eigenvalue weighted by Gasteiger charge is -2.29. The monoisotopic (exact) mass is 365 g/mol. The first kappa shape index (κ1) is 17.7. The van der Waals surface area contributed by atoms with Crippen molar-refractivity contribution in [3.05, 3.63) is 6.33 Å². The third-order valence-corrected chi connectivity index (χ3v) is 5.66. The number of fused-ring (bicyclic) bond motifs is 1. The lowest BCUT2D eigenvalue weighted by molar-refractivity contribution is -0.0126. The average Bonchev–Trinajstić information content (AvgIpc) is 3.30. The van der Waals surface area contributed by atoms with Gasteiger partial charge in [0.05, 0.1) is 6.67 Å². The number of nitrogens with zero attached hydrogens (tertiary/aromatic N) is 5. The zero-order valence-corrected chi connectivity index (χ0v) is 15.1. The standard InChI is InChI=1S/C16H27N7O3/c1-21-4-3-9(5-21)22(2)6-10-12(24)13(25)16(26-10)23-8-20-11-14(17)18-7-19-15(11)23/h7,9-10,12-13,16,20,24-25H,3-6,8H2,1-2H3,(H2,17,18,19)/t9?,10-,12-,13-,16-/m1/s1. The molecule has 0 bridgehead atoms. The molecule has 5 atom stereocenters. The maximum atomic E-state index is 10.6. The molecule has 4 rings (SSSR count). The number of rotatable bonds is 4. The lowest BCUT2D eigenvalue weighted by atomic mass is 10.1. The van der Waals surface area contributed by atoms with Crippen molar-refractivity contribution in [2.75, 3.05) is 56.3 Å². The molecule has 26 heavy (non-hydrogen) atoms. The van der Waals surface area contributed by atoms with Crippen LogP contribution >= 0.6 is 0 Å². The van der Waals surface area contributed by atoms with Gasteiger partial charge in [-0.05, 0) is 27.1 Å². The first-order valence-electron chi connectivity index (χ1n) is 8.97. The molecule has 4 heterocycles. The summed E-state index contributed by atoms with van der Waals surface area (Å²) in [5.74, 6) is 0.937. The first-order chi connectivity index (χ1) is 12.5. The molecule has 1 aromatic rings. The van der Waals surface area contributed by atoms with E-state index in [0.29, 0.717) is 36.6 Å². The van der Waals surface area contributed by atoms with E-state index < -0.39 is 24.5 Å². The lowest BCUT2D eigenvalue weighted by Crippen LogP contribution is -2.44. The van der Waals surface area contributed by atoms with Crippen molar-refractivity contribution < 1.29 is 14.9 Å². The molecule has 0 aliphatic carbocycles. The van der Waals surface area contributed by atoms with Crippen LogP contribution in [0, 0.1) is 0 Å². The van der Waals surface area contributed by atoms with Gasteiger partial charge in [-0.25, -0.2) is 9.97 Å². The van der Waals surface area contributed by atoms with Gasteiger partial charge in [-0.15, -0.1) is 0 Å². The van der Waals surface area contributed by atoms with E-state index >= 15 is 0 Å².